The molecule has 124 valence electrons. The molecule has 1 aliphatic carbocycles. The molecule has 1 aliphatic heterocycles. The van der Waals surface area contributed by atoms with Crippen LogP contribution in [0.15, 0.2) is 23.2 Å². The molecule has 1 aromatic carbocycles. The lowest BCUT2D eigenvalue weighted by molar-refractivity contribution is -0.132. The molecule has 23 heavy (non-hydrogen) atoms. The van der Waals surface area contributed by atoms with Crippen molar-refractivity contribution in [3.05, 3.63) is 34.9 Å². The van der Waals surface area contributed by atoms with Crippen LogP contribution in [-0.2, 0) is 10.5 Å². The van der Waals surface area contributed by atoms with Crippen LogP contribution in [0.5, 0.6) is 0 Å². The molecule has 2 aliphatic rings. The molecule has 0 bridgehead atoms. The molecule has 0 radical (unpaired) electrons. The van der Waals surface area contributed by atoms with E-state index in [1.807, 2.05) is 4.90 Å². The molecular formula is C19H26N2OS. The molecule has 1 fully saturated rings. The average Bonchev–Trinajstić information content (AvgIpc) is 3.04. The zero-order chi connectivity index (χ0) is 16.2. The number of amidine groups is 1. The molecule has 0 aromatic heterocycles. The van der Waals surface area contributed by atoms with Crippen LogP contribution in [0.4, 0.5) is 0 Å². The van der Waals surface area contributed by atoms with Crippen LogP contribution in [0.2, 0.25) is 0 Å². The number of carbonyl (C=O) groups excluding carboxylic acids is 1. The summed E-state index contributed by atoms with van der Waals surface area (Å²) in [5, 5.41) is 0.932. The number of benzene rings is 1. The molecule has 4 heteroatoms. The maximum atomic E-state index is 12.8. The molecule has 0 atom stereocenters. The first-order chi connectivity index (χ1) is 11.1. The van der Waals surface area contributed by atoms with E-state index in [1.165, 1.54) is 36.0 Å². The van der Waals surface area contributed by atoms with Crippen LogP contribution in [-0.4, -0.2) is 29.1 Å². The minimum atomic E-state index is 0.230. The van der Waals surface area contributed by atoms with Gasteiger partial charge >= 0.3 is 0 Å². The summed E-state index contributed by atoms with van der Waals surface area (Å²) in [6.45, 7) is 5.80. The normalized spacial score (nSPS) is 19.0. The first-order valence-electron chi connectivity index (χ1n) is 8.70. The molecular weight excluding hydrogens is 304 g/mol. The highest BCUT2D eigenvalue weighted by molar-refractivity contribution is 8.13. The van der Waals surface area contributed by atoms with E-state index in [0.29, 0.717) is 5.91 Å². The average molecular weight is 330 g/mol. The lowest BCUT2D eigenvalue weighted by atomic mass is 9.88. The Bertz CT molecular complexity index is 605. The van der Waals surface area contributed by atoms with Gasteiger partial charge in [0.1, 0.15) is 0 Å². The predicted octanol–water partition coefficient (Wildman–Crippen LogP) is 4.32. The van der Waals surface area contributed by atoms with Crippen molar-refractivity contribution >= 4 is 22.8 Å². The minimum absolute atomic E-state index is 0.230. The molecule has 1 saturated carbocycles. The lowest BCUT2D eigenvalue weighted by Crippen LogP contribution is -2.38. The number of thioether (sulfide) groups is 1. The van der Waals surface area contributed by atoms with E-state index in [1.54, 1.807) is 11.8 Å². The van der Waals surface area contributed by atoms with Crippen LogP contribution < -0.4 is 0 Å². The van der Waals surface area contributed by atoms with E-state index < -0.39 is 0 Å². The Morgan fingerprint density at radius 2 is 2.04 bits per heavy atom. The zero-order valence-electron chi connectivity index (χ0n) is 14.2. The molecule has 0 saturated heterocycles. The van der Waals surface area contributed by atoms with Gasteiger partial charge in [-0.2, -0.15) is 0 Å². The van der Waals surface area contributed by atoms with Crippen LogP contribution in [0, 0.1) is 19.8 Å². The second-order valence-corrected chi connectivity index (χ2v) is 7.65. The van der Waals surface area contributed by atoms with Gasteiger partial charge in [0, 0.05) is 18.2 Å². The van der Waals surface area contributed by atoms with Crippen molar-refractivity contribution < 1.29 is 4.79 Å². The molecule has 3 nitrogen and oxygen atoms in total. The fraction of sp³-hybridized carbons (Fsp3) is 0.579. The van der Waals surface area contributed by atoms with Gasteiger partial charge in [0.25, 0.3) is 0 Å². The Morgan fingerprint density at radius 3 is 2.83 bits per heavy atom. The number of aryl methyl sites for hydroxylation is 2. The quantitative estimate of drug-likeness (QED) is 0.827. The van der Waals surface area contributed by atoms with Crippen molar-refractivity contribution in [3.63, 3.8) is 0 Å². The first-order valence-corrected chi connectivity index (χ1v) is 9.68. The summed E-state index contributed by atoms with van der Waals surface area (Å²) >= 11 is 1.72. The third-order valence-corrected chi connectivity index (χ3v) is 5.95. The summed E-state index contributed by atoms with van der Waals surface area (Å²) in [5.74, 6) is 1.43. The van der Waals surface area contributed by atoms with Crippen molar-refractivity contribution in [2.45, 2.75) is 51.7 Å². The third-order valence-electron chi connectivity index (χ3n) is 4.88. The Morgan fingerprint density at radius 1 is 1.26 bits per heavy atom. The van der Waals surface area contributed by atoms with E-state index in [-0.39, 0.29) is 5.92 Å². The number of nitrogens with zero attached hydrogens (tertiary/aromatic N) is 2. The summed E-state index contributed by atoms with van der Waals surface area (Å²) in [4.78, 5) is 19.3. The van der Waals surface area contributed by atoms with Crippen molar-refractivity contribution in [2.75, 3.05) is 13.1 Å². The third kappa shape index (κ3) is 3.97. The summed E-state index contributed by atoms with van der Waals surface area (Å²) in [7, 11) is 0. The van der Waals surface area contributed by atoms with Crippen LogP contribution >= 0.6 is 11.8 Å². The summed E-state index contributed by atoms with van der Waals surface area (Å²) in [6, 6.07) is 6.56. The monoisotopic (exact) mass is 330 g/mol. The number of rotatable bonds is 3. The van der Waals surface area contributed by atoms with Crippen LogP contribution in [0.1, 0.15) is 48.8 Å². The van der Waals surface area contributed by atoms with Gasteiger partial charge in [0.2, 0.25) is 5.91 Å². The van der Waals surface area contributed by atoms with Crippen molar-refractivity contribution in [1.29, 1.82) is 0 Å². The first kappa shape index (κ1) is 16.6. The van der Waals surface area contributed by atoms with Gasteiger partial charge in [0.15, 0.2) is 5.17 Å². The van der Waals surface area contributed by atoms with Gasteiger partial charge in [0.05, 0.1) is 6.54 Å². The highest BCUT2D eigenvalue weighted by Gasteiger charge is 2.30. The van der Waals surface area contributed by atoms with E-state index >= 15 is 0 Å². The Labute approximate surface area is 143 Å². The molecule has 0 spiro atoms. The Kier molecular flexibility index (Phi) is 5.42. The summed E-state index contributed by atoms with van der Waals surface area (Å²) < 4.78 is 0. The summed E-state index contributed by atoms with van der Waals surface area (Å²) in [5.41, 5.74) is 3.94. The van der Waals surface area contributed by atoms with Crippen molar-refractivity contribution in [2.24, 2.45) is 10.9 Å². The topological polar surface area (TPSA) is 32.7 Å². The van der Waals surface area contributed by atoms with Gasteiger partial charge in [-0.25, -0.2) is 0 Å². The van der Waals surface area contributed by atoms with Crippen LogP contribution in [0.3, 0.4) is 0 Å². The standard InChI is InChI=1S/C19H26N2OS/c1-14-8-9-15(2)17(12-14)13-23-19-20-10-11-21(19)18(22)16-6-4-3-5-7-16/h8-9,12,16H,3-7,10-11,13H2,1-2H3. The maximum absolute atomic E-state index is 12.8. The molecule has 1 heterocycles. The van der Waals surface area contributed by atoms with Crippen molar-refractivity contribution in [3.8, 4) is 0 Å². The SMILES string of the molecule is Cc1ccc(C)c(CSC2=NCCN2C(=O)C2CCCCC2)c1. The Hall–Kier alpha value is -1.29. The highest BCUT2D eigenvalue weighted by atomic mass is 32.2. The Balaban J connectivity index is 1.62. The van der Waals surface area contributed by atoms with Gasteiger partial charge in [-0.15, -0.1) is 0 Å². The fourth-order valence-electron chi connectivity index (χ4n) is 3.42. The highest BCUT2D eigenvalue weighted by Crippen LogP contribution is 2.29. The van der Waals surface area contributed by atoms with Crippen molar-refractivity contribution in [1.82, 2.24) is 4.90 Å². The van der Waals surface area contributed by atoms with Crippen LogP contribution in [0.25, 0.3) is 0 Å². The fourth-order valence-corrected chi connectivity index (χ4v) is 4.54. The lowest BCUT2D eigenvalue weighted by Gasteiger charge is -2.26. The predicted molar refractivity (Wildman–Crippen MR) is 97.8 cm³/mol. The van der Waals surface area contributed by atoms with E-state index in [2.05, 4.69) is 37.0 Å². The minimum Gasteiger partial charge on any atom is -0.289 e. The van der Waals surface area contributed by atoms with E-state index in [0.717, 1.165) is 36.9 Å². The number of amides is 1. The zero-order valence-corrected chi connectivity index (χ0v) is 15.0. The molecule has 3 rings (SSSR count). The largest absolute Gasteiger partial charge is 0.289 e. The second kappa shape index (κ2) is 7.52. The molecule has 0 unspecified atom stereocenters. The molecule has 1 amide bonds. The van der Waals surface area contributed by atoms with E-state index in [9.17, 15) is 4.79 Å². The van der Waals surface area contributed by atoms with Gasteiger partial charge in [-0.3, -0.25) is 14.7 Å². The summed E-state index contributed by atoms with van der Waals surface area (Å²) in [6.07, 6.45) is 5.80. The number of hydrogen-bond donors (Lipinski definition) is 0. The smallest absolute Gasteiger partial charge is 0.231 e. The maximum Gasteiger partial charge on any atom is 0.231 e. The number of carbonyl (C=O) groups is 1. The van der Waals surface area contributed by atoms with E-state index in [4.69, 9.17) is 0 Å². The van der Waals surface area contributed by atoms with Gasteiger partial charge < -0.3 is 0 Å². The van der Waals surface area contributed by atoms with Gasteiger partial charge in [-0.1, -0.05) is 54.8 Å². The number of hydrogen-bond acceptors (Lipinski definition) is 3. The molecule has 1 aromatic rings. The molecule has 0 N–H and O–H groups in total. The second-order valence-electron chi connectivity index (χ2n) is 6.71. The number of aliphatic imine (C=N–C) groups is 1. The van der Waals surface area contributed by atoms with Gasteiger partial charge in [-0.05, 0) is 37.8 Å².